The van der Waals surface area contributed by atoms with Crippen LogP contribution in [0.2, 0.25) is 0 Å². The molecule has 1 aromatic carbocycles. The first-order valence-corrected chi connectivity index (χ1v) is 9.10. The number of hydrogen-bond acceptors (Lipinski definition) is 6. The molecule has 0 bridgehead atoms. The average molecular weight is 377 g/mol. The smallest absolute Gasteiger partial charge is 0.261 e. The molecule has 0 unspecified atom stereocenters. The molecule has 0 spiro atoms. The van der Waals surface area contributed by atoms with Gasteiger partial charge in [-0.15, -0.1) is 0 Å². The third-order valence-corrected chi connectivity index (χ3v) is 4.44. The summed E-state index contributed by atoms with van der Waals surface area (Å²) in [4.78, 5) is 13.5. The van der Waals surface area contributed by atoms with Crippen LogP contribution in [-0.4, -0.2) is 20.1 Å². The van der Waals surface area contributed by atoms with E-state index in [-0.39, 0.29) is 11.7 Å². The Bertz CT molecular complexity index is 1120. The second-order valence-corrected chi connectivity index (χ2v) is 6.96. The van der Waals surface area contributed by atoms with Gasteiger partial charge in [0.1, 0.15) is 5.82 Å². The van der Waals surface area contributed by atoms with Gasteiger partial charge in [0.2, 0.25) is 0 Å². The molecule has 0 amide bonds. The number of pyridine rings is 2. The Hall–Kier alpha value is -3.35. The zero-order chi connectivity index (χ0) is 19.7. The van der Waals surface area contributed by atoms with E-state index < -0.39 is 0 Å². The Kier molecular flexibility index (Phi) is 4.73. The van der Waals surface area contributed by atoms with Crippen LogP contribution in [0.25, 0.3) is 22.5 Å². The molecule has 0 radical (unpaired) electrons. The minimum Gasteiger partial charge on any atom is -0.380 e. The maximum atomic E-state index is 13.2. The van der Waals surface area contributed by atoms with E-state index in [2.05, 4.69) is 25.4 Å². The molecule has 6 nitrogen and oxygen atoms in total. The fourth-order valence-corrected chi connectivity index (χ4v) is 2.90. The quantitative estimate of drug-likeness (QED) is 0.535. The molecule has 4 rings (SSSR count). The molecule has 0 atom stereocenters. The van der Waals surface area contributed by atoms with Crippen molar-refractivity contribution in [2.24, 2.45) is 0 Å². The second-order valence-electron chi connectivity index (χ2n) is 6.96. The third kappa shape index (κ3) is 3.55. The number of rotatable bonds is 5. The zero-order valence-electron chi connectivity index (χ0n) is 15.9. The van der Waals surface area contributed by atoms with Crippen molar-refractivity contribution >= 4 is 16.7 Å². The Labute approximate surface area is 161 Å². The van der Waals surface area contributed by atoms with Crippen LogP contribution in [0.5, 0.6) is 0 Å². The number of fused-ring (bicyclic) bond motifs is 1. The topological polar surface area (TPSA) is 76.7 Å². The lowest BCUT2D eigenvalue weighted by molar-refractivity contribution is 0.419. The van der Waals surface area contributed by atoms with Gasteiger partial charge < -0.3 is 9.84 Å². The minimum absolute atomic E-state index is 0.158. The fourth-order valence-electron chi connectivity index (χ4n) is 2.90. The van der Waals surface area contributed by atoms with Crippen molar-refractivity contribution in [2.45, 2.75) is 33.2 Å². The Balaban J connectivity index is 1.78. The van der Waals surface area contributed by atoms with Gasteiger partial charge in [-0.2, -0.15) is 4.98 Å². The largest absolute Gasteiger partial charge is 0.380 e. The maximum Gasteiger partial charge on any atom is 0.261 e. The van der Waals surface area contributed by atoms with Gasteiger partial charge in [-0.25, -0.2) is 14.4 Å². The highest BCUT2D eigenvalue weighted by Gasteiger charge is 2.18. The fraction of sp³-hybridized carbons (Fsp3) is 0.238. The molecule has 142 valence electrons. The maximum absolute atomic E-state index is 13.2. The molecule has 0 saturated carbocycles. The van der Waals surface area contributed by atoms with Gasteiger partial charge in [-0.3, -0.25) is 0 Å². The van der Waals surface area contributed by atoms with E-state index in [0.29, 0.717) is 29.5 Å². The molecule has 3 aromatic heterocycles. The summed E-state index contributed by atoms with van der Waals surface area (Å²) in [5.74, 6) is 0.943. The van der Waals surface area contributed by atoms with Crippen molar-refractivity contribution < 1.29 is 8.91 Å². The number of nitrogens with one attached hydrogen (secondary N) is 1. The highest BCUT2D eigenvalue weighted by molar-refractivity contribution is 5.96. The SMILES string of the molecule is Cc1ccc2c(NCc3ccc(F)cc3)c(-c3nc(C(C)C)no3)cnc2n1. The summed E-state index contributed by atoms with van der Waals surface area (Å²) < 4.78 is 18.7. The number of benzene rings is 1. The van der Waals surface area contributed by atoms with E-state index in [0.717, 1.165) is 22.3 Å². The van der Waals surface area contributed by atoms with Crippen LogP contribution in [0.3, 0.4) is 0 Å². The lowest BCUT2D eigenvalue weighted by Crippen LogP contribution is -2.04. The van der Waals surface area contributed by atoms with E-state index in [1.807, 2.05) is 32.9 Å². The van der Waals surface area contributed by atoms with E-state index in [1.165, 1.54) is 12.1 Å². The minimum atomic E-state index is -0.259. The molecular weight excluding hydrogens is 357 g/mol. The van der Waals surface area contributed by atoms with E-state index in [4.69, 9.17) is 4.52 Å². The van der Waals surface area contributed by atoms with E-state index in [1.54, 1.807) is 18.3 Å². The van der Waals surface area contributed by atoms with Gasteiger partial charge in [0.15, 0.2) is 11.5 Å². The van der Waals surface area contributed by atoms with Crippen molar-refractivity contribution in [1.82, 2.24) is 20.1 Å². The molecule has 0 aliphatic heterocycles. The summed E-state index contributed by atoms with van der Waals surface area (Å²) in [6.07, 6.45) is 1.69. The van der Waals surface area contributed by atoms with Crippen LogP contribution < -0.4 is 5.32 Å². The lowest BCUT2D eigenvalue weighted by atomic mass is 10.1. The standard InChI is InChI=1S/C21H20FN5O/c1-12(2)19-26-21(28-27-19)17-11-24-20-16(9-4-13(3)25-20)18(17)23-10-14-5-7-15(22)8-6-14/h4-9,11-12H,10H2,1-3H3,(H,23,24,25). The Morgan fingerprint density at radius 3 is 2.57 bits per heavy atom. The normalized spacial score (nSPS) is 11.3. The predicted molar refractivity (Wildman–Crippen MR) is 105 cm³/mol. The van der Waals surface area contributed by atoms with Crippen molar-refractivity contribution in [3.05, 3.63) is 65.5 Å². The number of aromatic nitrogens is 4. The summed E-state index contributed by atoms with van der Waals surface area (Å²) in [5.41, 5.74) is 3.98. The number of halogens is 1. The van der Waals surface area contributed by atoms with Crippen molar-refractivity contribution in [1.29, 1.82) is 0 Å². The number of nitrogens with zero attached hydrogens (tertiary/aromatic N) is 4. The van der Waals surface area contributed by atoms with Crippen molar-refractivity contribution in [2.75, 3.05) is 5.32 Å². The van der Waals surface area contributed by atoms with Gasteiger partial charge in [0, 0.05) is 29.7 Å². The van der Waals surface area contributed by atoms with Crippen LogP contribution in [0.1, 0.15) is 36.8 Å². The van der Waals surface area contributed by atoms with Gasteiger partial charge in [0.05, 0.1) is 11.3 Å². The van der Waals surface area contributed by atoms with Gasteiger partial charge >= 0.3 is 0 Å². The number of anilines is 1. The monoisotopic (exact) mass is 377 g/mol. The highest BCUT2D eigenvalue weighted by Crippen LogP contribution is 2.33. The first kappa shape index (κ1) is 18.0. The molecule has 3 heterocycles. The summed E-state index contributed by atoms with van der Waals surface area (Å²) in [6.45, 7) is 6.44. The second kappa shape index (κ2) is 7.34. The number of aryl methyl sites for hydroxylation is 1. The summed E-state index contributed by atoms with van der Waals surface area (Å²) in [5, 5.41) is 8.33. The average Bonchev–Trinajstić information content (AvgIpc) is 3.17. The van der Waals surface area contributed by atoms with Crippen LogP contribution in [0, 0.1) is 12.7 Å². The summed E-state index contributed by atoms with van der Waals surface area (Å²) >= 11 is 0. The Morgan fingerprint density at radius 2 is 1.86 bits per heavy atom. The van der Waals surface area contributed by atoms with E-state index in [9.17, 15) is 4.39 Å². The summed E-state index contributed by atoms with van der Waals surface area (Å²) in [7, 11) is 0. The van der Waals surface area contributed by atoms with Crippen molar-refractivity contribution in [3.8, 4) is 11.5 Å². The zero-order valence-corrected chi connectivity index (χ0v) is 15.9. The first-order valence-electron chi connectivity index (χ1n) is 9.10. The molecule has 0 saturated heterocycles. The van der Waals surface area contributed by atoms with Crippen LogP contribution >= 0.6 is 0 Å². The van der Waals surface area contributed by atoms with Crippen LogP contribution in [0.15, 0.2) is 47.1 Å². The third-order valence-electron chi connectivity index (χ3n) is 4.44. The van der Waals surface area contributed by atoms with Gasteiger partial charge in [-0.05, 0) is 36.8 Å². The lowest BCUT2D eigenvalue weighted by Gasteiger charge is -2.13. The highest BCUT2D eigenvalue weighted by atomic mass is 19.1. The molecule has 0 fully saturated rings. The molecular formula is C21H20FN5O. The molecule has 1 N–H and O–H groups in total. The molecule has 7 heteroatoms. The molecule has 4 aromatic rings. The molecule has 28 heavy (non-hydrogen) atoms. The van der Waals surface area contributed by atoms with Crippen LogP contribution in [0.4, 0.5) is 10.1 Å². The predicted octanol–water partition coefficient (Wildman–Crippen LogP) is 4.86. The van der Waals surface area contributed by atoms with E-state index >= 15 is 0 Å². The van der Waals surface area contributed by atoms with Gasteiger partial charge in [-0.1, -0.05) is 31.1 Å². The van der Waals surface area contributed by atoms with Crippen molar-refractivity contribution in [3.63, 3.8) is 0 Å². The first-order chi connectivity index (χ1) is 13.5. The van der Waals surface area contributed by atoms with Crippen LogP contribution in [-0.2, 0) is 6.54 Å². The number of hydrogen-bond donors (Lipinski definition) is 1. The van der Waals surface area contributed by atoms with Gasteiger partial charge in [0.25, 0.3) is 5.89 Å². The molecule has 0 aliphatic carbocycles. The Morgan fingerprint density at radius 1 is 1.07 bits per heavy atom. The summed E-state index contributed by atoms with van der Waals surface area (Å²) in [6, 6.07) is 10.3. The molecule has 0 aliphatic rings.